The topological polar surface area (TPSA) is 90.9 Å². The van der Waals surface area contributed by atoms with Crippen LogP contribution in [0.15, 0.2) is 24.3 Å². The Morgan fingerprint density at radius 3 is 2.18 bits per heavy atom. The van der Waals surface area contributed by atoms with E-state index in [0.29, 0.717) is 5.75 Å². The Morgan fingerprint density at radius 1 is 1.09 bits per heavy atom. The number of amides is 1. The summed E-state index contributed by atoms with van der Waals surface area (Å²) in [5.41, 5.74) is 0.248. The van der Waals surface area contributed by atoms with E-state index in [1.54, 1.807) is 26.0 Å². The molecule has 0 unspecified atom stereocenters. The molecule has 0 aliphatic carbocycles. The highest BCUT2D eigenvalue weighted by Crippen LogP contribution is 2.12. The molecule has 0 fully saturated rings. The zero-order valence-corrected chi connectivity index (χ0v) is 12.8. The third-order valence-corrected chi connectivity index (χ3v) is 2.65. The van der Waals surface area contributed by atoms with Gasteiger partial charge in [-0.1, -0.05) is 6.07 Å². The molecule has 1 N–H and O–H groups in total. The van der Waals surface area contributed by atoms with Gasteiger partial charge in [-0.2, -0.15) is 0 Å². The van der Waals surface area contributed by atoms with E-state index in [0.717, 1.165) is 0 Å². The average molecular weight is 309 g/mol. The van der Waals surface area contributed by atoms with E-state index < -0.39 is 23.9 Å². The van der Waals surface area contributed by atoms with Gasteiger partial charge in [-0.05, 0) is 32.0 Å². The smallest absolute Gasteiger partial charge is 0.340 e. The molecule has 22 heavy (non-hydrogen) atoms. The Balaban J connectivity index is 2.89. The number of nitrogens with one attached hydrogen (secondary N) is 1. The van der Waals surface area contributed by atoms with Crippen LogP contribution in [0.25, 0.3) is 0 Å². The van der Waals surface area contributed by atoms with Gasteiger partial charge < -0.3 is 19.5 Å². The predicted molar refractivity (Wildman–Crippen MR) is 77.5 cm³/mol. The van der Waals surface area contributed by atoms with Crippen LogP contribution in [0.2, 0.25) is 0 Å². The van der Waals surface area contributed by atoms with Crippen molar-refractivity contribution < 1.29 is 28.6 Å². The number of benzene rings is 1. The van der Waals surface area contributed by atoms with Crippen LogP contribution in [-0.4, -0.2) is 44.2 Å². The number of methoxy groups -OCH3 is 1. The number of ether oxygens (including phenoxy) is 3. The maximum absolute atomic E-state index is 12.2. The molecule has 0 bridgehead atoms. The maximum atomic E-state index is 12.2. The first-order valence-corrected chi connectivity index (χ1v) is 6.81. The summed E-state index contributed by atoms with van der Waals surface area (Å²) in [6.45, 7) is 3.38. The van der Waals surface area contributed by atoms with Gasteiger partial charge in [-0.25, -0.2) is 9.59 Å². The molecule has 120 valence electrons. The minimum atomic E-state index is -1.50. The van der Waals surface area contributed by atoms with Crippen LogP contribution in [0.3, 0.4) is 0 Å². The van der Waals surface area contributed by atoms with Crippen LogP contribution in [0, 0.1) is 0 Å². The normalized spacial score (nSPS) is 10.0. The van der Waals surface area contributed by atoms with Crippen molar-refractivity contribution in [3.05, 3.63) is 29.8 Å². The van der Waals surface area contributed by atoms with Crippen LogP contribution >= 0.6 is 0 Å². The molecule has 0 aliphatic rings. The number of rotatable bonds is 7. The van der Waals surface area contributed by atoms with E-state index in [4.69, 9.17) is 14.2 Å². The molecule has 7 heteroatoms. The van der Waals surface area contributed by atoms with Crippen LogP contribution in [0.4, 0.5) is 0 Å². The molecule has 0 radical (unpaired) electrons. The SMILES string of the molecule is CCOC(=O)C(NC(=O)c1cccc(OC)c1)C(=O)OCC. The molecule has 0 saturated heterocycles. The zero-order chi connectivity index (χ0) is 16.5. The second kappa shape index (κ2) is 8.66. The first kappa shape index (κ1) is 17.5. The highest BCUT2D eigenvalue weighted by molar-refractivity contribution is 6.05. The van der Waals surface area contributed by atoms with Gasteiger partial charge >= 0.3 is 11.9 Å². The van der Waals surface area contributed by atoms with Gasteiger partial charge in [0.15, 0.2) is 0 Å². The fraction of sp³-hybridized carbons (Fsp3) is 0.400. The van der Waals surface area contributed by atoms with Gasteiger partial charge in [0, 0.05) is 5.56 Å². The molecule has 0 spiro atoms. The fourth-order valence-electron chi connectivity index (χ4n) is 1.64. The Hall–Kier alpha value is -2.57. The second-order valence-corrected chi connectivity index (χ2v) is 4.14. The van der Waals surface area contributed by atoms with Gasteiger partial charge in [0.05, 0.1) is 20.3 Å². The largest absolute Gasteiger partial charge is 0.497 e. The number of hydrogen-bond donors (Lipinski definition) is 1. The highest BCUT2D eigenvalue weighted by atomic mass is 16.6. The molecular formula is C15H19NO6. The van der Waals surface area contributed by atoms with Crippen molar-refractivity contribution in [2.24, 2.45) is 0 Å². The molecule has 7 nitrogen and oxygen atoms in total. The lowest BCUT2D eigenvalue weighted by Gasteiger charge is -2.16. The van der Waals surface area contributed by atoms with Gasteiger partial charge in [0.25, 0.3) is 5.91 Å². The molecule has 1 rings (SSSR count). The number of hydrogen-bond acceptors (Lipinski definition) is 6. The summed E-state index contributed by atoms with van der Waals surface area (Å²) in [7, 11) is 1.47. The van der Waals surface area contributed by atoms with Crippen molar-refractivity contribution in [1.29, 1.82) is 0 Å². The summed E-state index contributed by atoms with van der Waals surface area (Å²) >= 11 is 0. The molecule has 1 aromatic rings. The molecule has 0 aromatic heterocycles. The van der Waals surface area contributed by atoms with Gasteiger partial charge in [-0.3, -0.25) is 4.79 Å². The minimum absolute atomic E-state index is 0.0871. The third kappa shape index (κ3) is 4.76. The Kier molecular flexibility index (Phi) is 6.88. The van der Waals surface area contributed by atoms with Crippen LogP contribution < -0.4 is 10.1 Å². The van der Waals surface area contributed by atoms with E-state index in [1.807, 2.05) is 0 Å². The average Bonchev–Trinajstić information content (AvgIpc) is 2.52. The summed E-state index contributed by atoms with van der Waals surface area (Å²) in [6, 6.07) is 4.81. The first-order valence-electron chi connectivity index (χ1n) is 6.81. The number of carbonyl (C=O) groups excluding carboxylic acids is 3. The minimum Gasteiger partial charge on any atom is -0.497 e. The van der Waals surface area contributed by atoms with Crippen molar-refractivity contribution in [2.45, 2.75) is 19.9 Å². The van der Waals surface area contributed by atoms with Crippen molar-refractivity contribution in [2.75, 3.05) is 20.3 Å². The van der Waals surface area contributed by atoms with Crippen molar-refractivity contribution >= 4 is 17.8 Å². The molecule has 0 aliphatic heterocycles. The van der Waals surface area contributed by atoms with Crippen molar-refractivity contribution in [3.8, 4) is 5.75 Å². The van der Waals surface area contributed by atoms with E-state index in [-0.39, 0.29) is 18.8 Å². The lowest BCUT2D eigenvalue weighted by molar-refractivity contribution is -0.157. The summed E-state index contributed by atoms with van der Waals surface area (Å²) < 4.78 is 14.6. The first-order chi connectivity index (χ1) is 10.5. The summed E-state index contributed by atoms with van der Waals surface area (Å²) in [6.07, 6.45) is 0. The van der Waals surface area contributed by atoms with Gasteiger partial charge in [0.1, 0.15) is 5.75 Å². The lowest BCUT2D eigenvalue weighted by Crippen LogP contribution is -2.48. The summed E-state index contributed by atoms with van der Waals surface area (Å²) in [4.78, 5) is 35.7. The molecule has 0 heterocycles. The van der Waals surface area contributed by atoms with Crippen LogP contribution in [-0.2, 0) is 19.1 Å². The molecule has 1 aromatic carbocycles. The van der Waals surface area contributed by atoms with E-state index in [9.17, 15) is 14.4 Å². The standard InChI is InChI=1S/C15H19NO6/c1-4-21-14(18)12(15(19)22-5-2)16-13(17)10-7-6-8-11(9-10)20-3/h6-9,12H,4-5H2,1-3H3,(H,16,17). The predicted octanol–water partition coefficient (Wildman–Crippen LogP) is 0.920. The highest BCUT2D eigenvalue weighted by Gasteiger charge is 2.31. The Morgan fingerprint density at radius 2 is 1.68 bits per heavy atom. The number of esters is 2. The molecular weight excluding hydrogens is 290 g/mol. The van der Waals surface area contributed by atoms with E-state index in [1.165, 1.54) is 19.2 Å². The fourth-order valence-corrected chi connectivity index (χ4v) is 1.64. The van der Waals surface area contributed by atoms with E-state index in [2.05, 4.69) is 5.32 Å². The summed E-state index contributed by atoms with van der Waals surface area (Å²) in [5.74, 6) is -1.85. The Bertz CT molecular complexity index is 525. The van der Waals surface area contributed by atoms with Crippen molar-refractivity contribution in [3.63, 3.8) is 0 Å². The van der Waals surface area contributed by atoms with Gasteiger partial charge in [0.2, 0.25) is 6.04 Å². The van der Waals surface area contributed by atoms with Crippen LogP contribution in [0.5, 0.6) is 5.75 Å². The van der Waals surface area contributed by atoms with Gasteiger partial charge in [-0.15, -0.1) is 0 Å². The van der Waals surface area contributed by atoms with E-state index >= 15 is 0 Å². The molecule has 0 saturated carbocycles. The van der Waals surface area contributed by atoms with Crippen molar-refractivity contribution in [1.82, 2.24) is 5.32 Å². The maximum Gasteiger partial charge on any atom is 0.340 e. The monoisotopic (exact) mass is 309 g/mol. The lowest BCUT2D eigenvalue weighted by atomic mass is 10.2. The second-order valence-electron chi connectivity index (χ2n) is 4.14. The summed E-state index contributed by atoms with van der Waals surface area (Å²) in [5, 5.41) is 2.31. The third-order valence-electron chi connectivity index (χ3n) is 2.65. The number of carbonyl (C=O) groups is 3. The Labute approximate surface area is 128 Å². The zero-order valence-electron chi connectivity index (χ0n) is 12.8. The quantitative estimate of drug-likeness (QED) is 0.595. The molecule has 1 amide bonds. The van der Waals surface area contributed by atoms with Crippen LogP contribution in [0.1, 0.15) is 24.2 Å². The molecule has 0 atom stereocenters.